The topological polar surface area (TPSA) is 133 Å². The first-order chi connectivity index (χ1) is 17.8. The molecule has 1 saturated heterocycles. The van der Waals surface area contributed by atoms with E-state index < -0.39 is 46.9 Å². The molecule has 10 nitrogen and oxygen atoms in total. The van der Waals surface area contributed by atoms with Gasteiger partial charge in [-0.25, -0.2) is 15.1 Å². The number of alkyl halides is 6. The number of hydrogen-bond acceptors (Lipinski definition) is 8. The maximum Gasteiger partial charge on any atom is 0.423 e. The number of aromatic amines is 1. The third-order valence-corrected chi connectivity index (χ3v) is 6.03. The fraction of sp³-hybridized carbons (Fsp3) is 0.591. The van der Waals surface area contributed by atoms with Gasteiger partial charge in [0.15, 0.2) is 0 Å². The molecule has 2 aromatic rings. The molecule has 2 aromatic heterocycles. The van der Waals surface area contributed by atoms with Crippen LogP contribution in [0.1, 0.15) is 49.1 Å². The van der Waals surface area contributed by atoms with Gasteiger partial charge in [0.05, 0.1) is 49.2 Å². The minimum Gasteiger partial charge on any atom is -0.391 e. The molecule has 0 aromatic carbocycles. The number of likely N-dealkylation sites (tertiary alicyclic amines) is 1. The second-order valence-corrected chi connectivity index (χ2v) is 8.78. The molecule has 16 heteroatoms. The number of H-pyrrole nitrogens is 1. The van der Waals surface area contributed by atoms with Crippen LogP contribution in [0.2, 0.25) is 0 Å². The predicted octanol–water partition coefficient (Wildman–Crippen LogP) is 2.57. The van der Waals surface area contributed by atoms with Crippen LogP contribution in [0.4, 0.5) is 32.0 Å². The van der Waals surface area contributed by atoms with Crippen LogP contribution in [0, 0.1) is 0 Å². The van der Waals surface area contributed by atoms with E-state index in [0.29, 0.717) is 25.9 Å². The van der Waals surface area contributed by atoms with Crippen LogP contribution in [0.25, 0.3) is 0 Å². The number of rotatable bonds is 9. The Morgan fingerprint density at radius 2 is 1.79 bits per heavy atom. The van der Waals surface area contributed by atoms with E-state index in [1.54, 1.807) is 10.00 Å². The number of carbonyl (C=O) groups is 1. The van der Waals surface area contributed by atoms with E-state index in [-0.39, 0.29) is 37.3 Å². The van der Waals surface area contributed by atoms with Crippen LogP contribution < -0.4 is 10.9 Å². The first kappa shape index (κ1) is 29.3. The molecular weight excluding hydrogens is 526 g/mol. The van der Waals surface area contributed by atoms with E-state index in [2.05, 4.69) is 20.4 Å². The number of nitrogens with zero attached hydrogens (tertiary/aromatic N) is 4. The fourth-order valence-corrected chi connectivity index (χ4v) is 3.90. The summed E-state index contributed by atoms with van der Waals surface area (Å²) in [5.74, 6) is -0.136. The van der Waals surface area contributed by atoms with Gasteiger partial charge in [-0.2, -0.15) is 31.4 Å². The molecule has 2 atom stereocenters. The van der Waals surface area contributed by atoms with Gasteiger partial charge in [-0.15, -0.1) is 0 Å². The second-order valence-electron chi connectivity index (χ2n) is 8.78. The number of carbonyl (C=O) groups excluding carboxylic acids is 1. The summed E-state index contributed by atoms with van der Waals surface area (Å²) >= 11 is 0. The van der Waals surface area contributed by atoms with Gasteiger partial charge in [0.1, 0.15) is 11.4 Å². The van der Waals surface area contributed by atoms with Gasteiger partial charge in [-0.05, 0) is 19.8 Å². The molecule has 3 heterocycles. The van der Waals surface area contributed by atoms with Crippen LogP contribution in [0.3, 0.4) is 0 Å². The van der Waals surface area contributed by atoms with Crippen molar-refractivity contribution in [2.24, 2.45) is 0 Å². The van der Waals surface area contributed by atoms with Crippen molar-refractivity contribution in [2.75, 3.05) is 31.6 Å². The highest BCUT2D eigenvalue weighted by Gasteiger charge is 2.38. The zero-order valence-electron chi connectivity index (χ0n) is 20.1. The lowest BCUT2D eigenvalue weighted by Crippen LogP contribution is -2.39. The van der Waals surface area contributed by atoms with Gasteiger partial charge in [-0.1, -0.05) is 0 Å². The summed E-state index contributed by atoms with van der Waals surface area (Å²) in [6.45, 7) is 1.68. The van der Waals surface area contributed by atoms with Crippen molar-refractivity contribution >= 4 is 11.6 Å². The molecule has 0 radical (unpaired) electrons. The summed E-state index contributed by atoms with van der Waals surface area (Å²) in [7, 11) is 0. The Balaban J connectivity index is 1.46. The number of nitrogens with one attached hydrogen (secondary N) is 2. The minimum atomic E-state index is -4.96. The van der Waals surface area contributed by atoms with Crippen LogP contribution in [-0.2, 0) is 21.9 Å². The van der Waals surface area contributed by atoms with Gasteiger partial charge in [0, 0.05) is 31.4 Å². The van der Waals surface area contributed by atoms with Crippen LogP contribution in [0.5, 0.6) is 0 Å². The van der Waals surface area contributed by atoms with Gasteiger partial charge in [-0.3, -0.25) is 9.59 Å². The highest BCUT2D eigenvalue weighted by atomic mass is 19.4. The number of aromatic nitrogens is 4. The Hall–Kier alpha value is -3.27. The molecule has 0 saturated carbocycles. The quantitative estimate of drug-likeness (QED) is 0.320. The normalized spacial score (nSPS) is 16.8. The van der Waals surface area contributed by atoms with Crippen molar-refractivity contribution in [1.29, 1.82) is 0 Å². The summed E-state index contributed by atoms with van der Waals surface area (Å²) in [6, 6.07) is -1.03. The molecule has 1 aliphatic heterocycles. The van der Waals surface area contributed by atoms with E-state index in [1.165, 1.54) is 6.92 Å². The van der Waals surface area contributed by atoms with E-state index in [4.69, 9.17) is 4.74 Å². The van der Waals surface area contributed by atoms with Crippen LogP contribution >= 0.6 is 0 Å². The Kier molecular flexibility index (Phi) is 9.30. The van der Waals surface area contributed by atoms with E-state index in [1.807, 2.05) is 0 Å². The summed E-state index contributed by atoms with van der Waals surface area (Å²) in [5, 5.41) is 17.5. The number of hydrogen-bond donors (Lipinski definition) is 3. The Labute approximate surface area is 212 Å². The highest BCUT2D eigenvalue weighted by Crippen LogP contribution is 2.32. The SMILES string of the molecule is C[C@H](O)[C@@H](COCCC(=O)N1CCC(c2ncc(C(F)(F)F)cn2)CC1)Nc1cn[nH]c(=O)c1C(F)(F)F. The molecular formula is C22H26F6N6O4. The molecule has 38 heavy (non-hydrogen) atoms. The second kappa shape index (κ2) is 12.1. The summed E-state index contributed by atoms with van der Waals surface area (Å²) < 4.78 is 83.2. The lowest BCUT2D eigenvalue weighted by atomic mass is 9.95. The Morgan fingerprint density at radius 3 is 2.34 bits per heavy atom. The average molecular weight is 552 g/mol. The highest BCUT2D eigenvalue weighted by molar-refractivity contribution is 5.76. The van der Waals surface area contributed by atoms with Crippen molar-refractivity contribution in [3.05, 3.63) is 45.9 Å². The third-order valence-electron chi connectivity index (χ3n) is 6.03. The number of amides is 1. The fourth-order valence-electron chi connectivity index (χ4n) is 3.90. The minimum absolute atomic E-state index is 0.0334. The molecule has 1 amide bonds. The summed E-state index contributed by atoms with van der Waals surface area (Å²) in [4.78, 5) is 33.3. The monoisotopic (exact) mass is 552 g/mol. The zero-order valence-corrected chi connectivity index (χ0v) is 20.1. The zero-order chi connectivity index (χ0) is 28.1. The van der Waals surface area contributed by atoms with Crippen LogP contribution in [-0.4, -0.2) is 74.5 Å². The van der Waals surface area contributed by atoms with Crippen LogP contribution in [0.15, 0.2) is 23.4 Å². The van der Waals surface area contributed by atoms with Crippen molar-refractivity contribution in [3.63, 3.8) is 0 Å². The van der Waals surface area contributed by atoms with Gasteiger partial charge in [0.25, 0.3) is 5.56 Å². The molecule has 0 unspecified atom stereocenters. The number of anilines is 1. The molecule has 3 rings (SSSR count). The molecule has 1 aliphatic rings. The van der Waals surface area contributed by atoms with Crippen molar-refractivity contribution < 1.29 is 41.0 Å². The Bertz CT molecular complexity index is 1130. The molecule has 0 bridgehead atoms. The molecule has 3 N–H and O–H groups in total. The molecule has 0 aliphatic carbocycles. The average Bonchev–Trinajstić information content (AvgIpc) is 2.84. The van der Waals surface area contributed by atoms with Crippen molar-refractivity contribution in [2.45, 2.75) is 56.6 Å². The number of aliphatic hydroxyl groups is 1. The van der Waals surface area contributed by atoms with Crippen molar-refractivity contribution in [1.82, 2.24) is 25.1 Å². The lowest BCUT2D eigenvalue weighted by molar-refractivity contribution is -0.139. The predicted molar refractivity (Wildman–Crippen MR) is 120 cm³/mol. The van der Waals surface area contributed by atoms with E-state index in [0.717, 1.165) is 18.6 Å². The lowest BCUT2D eigenvalue weighted by Gasteiger charge is -2.31. The summed E-state index contributed by atoms with van der Waals surface area (Å²) in [5.41, 5.74) is -4.48. The smallest absolute Gasteiger partial charge is 0.391 e. The first-order valence-corrected chi connectivity index (χ1v) is 11.6. The van der Waals surface area contributed by atoms with E-state index in [9.17, 15) is 41.0 Å². The Morgan fingerprint density at radius 1 is 1.16 bits per heavy atom. The number of piperidine rings is 1. The maximum absolute atomic E-state index is 13.2. The van der Waals surface area contributed by atoms with Gasteiger partial charge < -0.3 is 20.1 Å². The van der Waals surface area contributed by atoms with Crippen molar-refractivity contribution in [3.8, 4) is 0 Å². The standard InChI is InChI=1S/C22H26F6N6O4/c1-12(35)16(32-15-10-31-33-20(37)18(15)22(26,27)28)11-38-7-4-17(36)34-5-2-13(3-6-34)19-29-8-14(9-30-19)21(23,24)25/h8-10,12-13,16,35H,2-7,11H2,1H3,(H2,32,33,37)/t12-,16+/m0/s1. The largest absolute Gasteiger partial charge is 0.423 e. The summed E-state index contributed by atoms with van der Waals surface area (Å²) in [6.07, 6.45) is -7.48. The number of aliphatic hydroxyl groups excluding tert-OH is 1. The number of ether oxygens (including phenoxy) is 1. The number of halogens is 6. The molecule has 0 spiro atoms. The molecule has 210 valence electrons. The van der Waals surface area contributed by atoms with Gasteiger partial charge in [0.2, 0.25) is 5.91 Å². The first-order valence-electron chi connectivity index (χ1n) is 11.6. The third kappa shape index (κ3) is 7.63. The van der Waals surface area contributed by atoms with E-state index >= 15 is 0 Å². The maximum atomic E-state index is 13.2. The van der Waals surface area contributed by atoms with Gasteiger partial charge >= 0.3 is 12.4 Å². The molecule has 1 fully saturated rings.